The predicted octanol–water partition coefficient (Wildman–Crippen LogP) is 2.31. The van der Waals surface area contributed by atoms with Gasteiger partial charge in [-0.15, -0.1) is 0 Å². The number of rotatable bonds is 5. The van der Waals surface area contributed by atoms with E-state index in [1.807, 2.05) is 32.9 Å². The van der Waals surface area contributed by atoms with Gasteiger partial charge in [0.25, 0.3) is 0 Å². The van der Waals surface area contributed by atoms with Crippen molar-refractivity contribution in [2.45, 2.75) is 32.4 Å². The number of furan rings is 1. The molecule has 30 heavy (non-hydrogen) atoms. The van der Waals surface area contributed by atoms with Gasteiger partial charge >= 0.3 is 11.8 Å². The van der Waals surface area contributed by atoms with E-state index in [0.717, 1.165) is 37.6 Å². The molecule has 1 atom stereocenters. The van der Waals surface area contributed by atoms with Crippen molar-refractivity contribution in [2.24, 2.45) is 0 Å². The minimum absolute atomic E-state index is 0.179. The van der Waals surface area contributed by atoms with Crippen LogP contribution in [0.4, 0.5) is 10.1 Å². The summed E-state index contributed by atoms with van der Waals surface area (Å²) in [6.45, 7) is 8.75. The van der Waals surface area contributed by atoms with Crippen LogP contribution in [0.25, 0.3) is 0 Å². The number of carbonyl (C=O) groups is 2. The van der Waals surface area contributed by atoms with E-state index in [9.17, 15) is 14.0 Å². The molecule has 1 aromatic heterocycles. The SMILES string of the molecule is CC(C)(C)NC(=O)C(=O)NCC(c1ccco1)N1CCN(c2ccc(F)cc2)CC1. The first-order chi connectivity index (χ1) is 14.2. The zero-order valence-corrected chi connectivity index (χ0v) is 17.7. The summed E-state index contributed by atoms with van der Waals surface area (Å²) in [7, 11) is 0. The Morgan fingerprint density at radius 1 is 1.07 bits per heavy atom. The summed E-state index contributed by atoms with van der Waals surface area (Å²) in [5.74, 6) is -0.823. The van der Waals surface area contributed by atoms with E-state index in [1.54, 1.807) is 18.4 Å². The second-order valence-electron chi connectivity index (χ2n) is 8.44. The Balaban J connectivity index is 1.60. The third-order valence-corrected chi connectivity index (χ3v) is 4.97. The number of nitrogens with zero attached hydrogens (tertiary/aromatic N) is 2. The molecule has 1 unspecified atom stereocenters. The molecule has 3 rings (SSSR count). The molecule has 2 amide bonds. The van der Waals surface area contributed by atoms with Crippen molar-refractivity contribution in [1.82, 2.24) is 15.5 Å². The molecule has 1 aromatic carbocycles. The van der Waals surface area contributed by atoms with Crippen molar-refractivity contribution in [1.29, 1.82) is 0 Å². The highest BCUT2D eigenvalue weighted by molar-refractivity contribution is 6.35. The highest BCUT2D eigenvalue weighted by atomic mass is 19.1. The van der Waals surface area contributed by atoms with Crippen molar-refractivity contribution in [3.05, 3.63) is 54.2 Å². The van der Waals surface area contributed by atoms with Crippen molar-refractivity contribution < 1.29 is 18.4 Å². The second-order valence-corrected chi connectivity index (χ2v) is 8.44. The van der Waals surface area contributed by atoms with E-state index >= 15 is 0 Å². The average Bonchev–Trinajstić information content (AvgIpc) is 3.22. The van der Waals surface area contributed by atoms with Crippen LogP contribution in [0.5, 0.6) is 0 Å². The molecule has 0 bridgehead atoms. The highest BCUT2D eigenvalue weighted by Gasteiger charge is 2.28. The van der Waals surface area contributed by atoms with Crippen molar-refractivity contribution in [3.8, 4) is 0 Å². The van der Waals surface area contributed by atoms with Crippen LogP contribution in [0, 0.1) is 5.82 Å². The lowest BCUT2D eigenvalue weighted by Crippen LogP contribution is -2.52. The first kappa shape index (κ1) is 21.8. The van der Waals surface area contributed by atoms with Gasteiger partial charge in [0.2, 0.25) is 0 Å². The molecule has 0 spiro atoms. The standard InChI is InChI=1S/C22H29FN4O3/c1-22(2,3)25-21(29)20(28)24-15-18(19-5-4-14-30-19)27-12-10-26(11-13-27)17-8-6-16(23)7-9-17/h4-9,14,18H,10-13,15H2,1-3H3,(H,24,28)(H,25,29). The van der Waals surface area contributed by atoms with Crippen LogP contribution >= 0.6 is 0 Å². The Morgan fingerprint density at radius 3 is 2.30 bits per heavy atom. The first-order valence-corrected chi connectivity index (χ1v) is 10.1. The molecule has 162 valence electrons. The third kappa shape index (κ3) is 5.82. The molecule has 2 aromatic rings. The van der Waals surface area contributed by atoms with Crippen LogP contribution < -0.4 is 15.5 Å². The second kappa shape index (κ2) is 9.30. The quantitative estimate of drug-likeness (QED) is 0.732. The number of carbonyl (C=O) groups excluding carboxylic acids is 2. The molecule has 2 N–H and O–H groups in total. The number of halogens is 1. The molecule has 0 aliphatic carbocycles. The van der Waals surface area contributed by atoms with Crippen LogP contribution in [-0.4, -0.2) is 55.0 Å². The molecule has 2 heterocycles. The van der Waals surface area contributed by atoms with Gasteiger partial charge in [-0.1, -0.05) is 0 Å². The summed E-state index contributed by atoms with van der Waals surface area (Å²) in [6, 6.07) is 9.99. The van der Waals surface area contributed by atoms with Gasteiger partial charge in [0.1, 0.15) is 11.6 Å². The fourth-order valence-corrected chi connectivity index (χ4v) is 3.50. The molecule has 1 aliphatic heterocycles. The highest BCUT2D eigenvalue weighted by Crippen LogP contribution is 2.24. The monoisotopic (exact) mass is 416 g/mol. The number of amides is 2. The van der Waals surface area contributed by atoms with Crippen molar-refractivity contribution in [3.63, 3.8) is 0 Å². The Kier molecular flexibility index (Phi) is 6.77. The summed E-state index contributed by atoms with van der Waals surface area (Å²) in [4.78, 5) is 28.7. The summed E-state index contributed by atoms with van der Waals surface area (Å²) >= 11 is 0. The number of nitrogens with one attached hydrogen (secondary N) is 2. The molecule has 1 aliphatic rings. The number of anilines is 1. The minimum atomic E-state index is -0.661. The zero-order valence-electron chi connectivity index (χ0n) is 17.7. The molecule has 0 saturated carbocycles. The Labute approximate surface area is 176 Å². The number of piperazine rings is 1. The van der Waals surface area contributed by atoms with Crippen LogP contribution in [0.1, 0.15) is 32.6 Å². The van der Waals surface area contributed by atoms with E-state index in [-0.39, 0.29) is 18.4 Å². The molecular weight excluding hydrogens is 387 g/mol. The molecule has 1 fully saturated rings. The summed E-state index contributed by atoms with van der Waals surface area (Å²) in [5.41, 5.74) is 0.503. The van der Waals surface area contributed by atoms with E-state index in [0.29, 0.717) is 0 Å². The summed E-state index contributed by atoms with van der Waals surface area (Å²) < 4.78 is 18.8. The summed E-state index contributed by atoms with van der Waals surface area (Å²) in [6.07, 6.45) is 1.60. The van der Waals surface area contributed by atoms with E-state index in [2.05, 4.69) is 20.4 Å². The van der Waals surface area contributed by atoms with Gasteiger partial charge in [-0.25, -0.2) is 4.39 Å². The van der Waals surface area contributed by atoms with Crippen LogP contribution in [-0.2, 0) is 9.59 Å². The van der Waals surface area contributed by atoms with Gasteiger partial charge in [0, 0.05) is 44.0 Å². The Morgan fingerprint density at radius 2 is 1.73 bits per heavy atom. The smallest absolute Gasteiger partial charge is 0.309 e. The third-order valence-electron chi connectivity index (χ3n) is 4.97. The predicted molar refractivity (Wildman–Crippen MR) is 113 cm³/mol. The van der Waals surface area contributed by atoms with E-state index in [1.165, 1.54) is 12.1 Å². The van der Waals surface area contributed by atoms with Crippen LogP contribution in [0.3, 0.4) is 0 Å². The zero-order chi connectivity index (χ0) is 21.7. The summed E-state index contributed by atoms with van der Waals surface area (Å²) in [5, 5.41) is 5.40. The largest absolute Gasteiger partial charge is 0.468 e. The van der Waals surface area contributed by atoms with Crippen LogP contribution in [0.15, 0.2) is 47.1 Å². The lowest BCUT2D eigenvalue weighted by molar-refractivity contribution is -0.140. The molecular formula is C22H29FN4O3. The van der Waals surface area contributed by atoms with Crippen LogP contribution in [0.2, 0.25) is 0 Å². The maximum absolute atomic E-state index is 13.2. The number of hydrogen-bond acceptors (Lipinski definition) is 5. The van der Waals surface area contributed by atoms with Gasteiger partial charge in [-0.3, -0.25) is 14.5 Å². The molecule has 8 heteroatoms. The van der Waals surface area contributed by atoms with E-state index < -0.39 is 17.4 Å². The maximum Gasteiger partial charge on any atom is 0.309 e. The number of hydrogen-bond donors (Lipinski definition) is 2. The van der Waals surface area contributed by atoms with Gasteiger partial charge in [-0.2, -0.15) is 0 Å². The molecule has 7 nitrogen and oxygen atoms in total. The van der Waals surface area contributed by atoms with Crippen molar-refractivity contribution >= 4 is 17.5 Å². The normalized spacial score (nSPS) is 16.2. The first-order valence-electron chi connectivity index (χ1n) is 10.1. The minimum Gasteiger partial charge on any atom is -0.468 e. The number of benzene rings is 1. The average molecular weight is 416 g/mol. The molecule has 0 radical (unpaired) electrons. The van der Waals surface area contributed by atoms with Gasteiger partial charge in [-0.05, 0) is 57.2 Å². The topological polar surface area (TPSA) is 77.8 Å². The Hall–Kier alpha value is -2.87. The van der Waals surface area contributed by atoms with Gasteiger partial charge < -0.3 is 20.0 Å². The lowest BCUT2D eigenvalue weighted by Gasteiger charge is -2.39. The fraction of sp³-hybridized carbons (Fsp3) is 0.455. The fourth-order valence-electron chi connectivity index (χ4n) is 3.50. The Bertz CT molecular complexity index is 838. The lowest BCUT2D eigenvalue weighted by atomic mass is 10.1. The van der Waals surface area contributed by atoms with Gasteiger partial charge in [0.15, 0.2) is 0 Å². The molecule has 1 saturated heterocycles. The maximum atomic E-state index is 13.2. The van der Waals surface area contributed by atoms with Crippen molar-refractivity contribution in [2.75, 3.05) is 37.6 Å². The van der Waals surface area contributed by atoms with E-state index in [4.69, 9.17) is 4.42 Å². The van der Waals surface area contributed by atoms with Gasteiger partial charge in [0.05, 0.1) is 12.3 Å².